The summed E-state index contributed by atoms with van der Waals surface area (Å²) in [7, 11) is 3.34. The summed E-state index contributed by atoms with van der Waals surface area (Å²) in [5.74, 6) is 0.558. The third kappa shape index (κ3) is 3.28. The monoisotopic (exact) mass is 314 g/mol. The molecule has 2 rings (SSSR count). The molecule has 5 nitrogen and oxygen atoms in total. The number of H-pyrrole nitrogens is 1. The zero-order valence-corrected chi connectivity index (χ0v) is 14.2. The number of hydrogen-bond acceptors (Lipinski definition) is 3. The number of nitrogens with zero attached hydrogens (tertiary/aromatic N) is 1. The molecule has 2 aromatic rings. The maximum absolute atomic E-state index is 12.7. The number of rotatable bonds is 5. The van der Waals surface area contributed by atoms with Crippen molar-refractivity contribution in [3.63, 3.8) is 0 Å². The van der Waals surface area contributed by atoms with Crippen molar-refractivity contribution in [3.8, 4) is 5.75 Å². The number of aromatic amines is 1. The second-order valence-electron chi connectivity index (χ2n) is 5.65. The second kappa shape index (κ2) is 6.69. The van der Waals surface area contributed by atoms with Crippen molar-refractivity contribution >= 4 is 11.7 Å². The molecule has 5 heteroatoms. The van der Waals surface area contributed by atoms with Gasteiger partial charge in [-0.25, -0.2) is 0 Å². The number of Topliss-reactive ketones (excluding diaryl/α,β-unsaturated/α-hetero) is 1. The first-order chi connectivity index (χ1) is 10.9. The predicted octanol–water partition coefficient (Wildman–Crippen LogP) is 3.11. The minimum atomic E-state index is -0.149. The summed E-state index contributed by atoms with van der Waals surface area (Å²) in [6.07, 6.45) is 0. The van der Waals surface area contributed by atoms with Crippen LogP contribution in [0, 0.1) is 13.8 Å². The Labute approximate surface area is 136 Å². The number of nitrogens with one attached hydrogen (secondary N) is 1. The number of benzene rings is 1. The van der Waals surface area contributed by atoms with Gasteiger partial charge >= 0.3 is 0 Å². The zero-order chi connectivity index (χ0) is 17.1. The van der Waals surface area contributed by atoms with Gasteiger partial charge in [0.25, 0.3) is 5.91 Å². The SMILES string of the molecule is COc1ccccc1CN(C)C(=O)c1[nH]c(C)c(C(C)=O)c1C. The number of carbonyl (C=O) groups excluding carboxylic acids is 2. The molecule has 0 atom stereocenters. The predicted molar refractivity (Wildman–Crippen MR) is 89.1 cm³/mol. The first-order valence-electron chi connectivity index (χ1n) is 7.44. The van der Waals surface area contributed by atoms with Crippen LogP contribution in [0.3, 0.4) is 0 Å². The van der Waals surface area contributed by atoms with Crippen LogP contribution in [-0.2, 0) is 6.54 Å². The van der Waals surface area contributed by atoms with Gasteiger partial charge in [0.1, 0.15) is 11.4 Å². The number of ketones is 1. The van der Waals surface area contributed by atoms with Crippen molar-refractivity contribution < 1.29 is 14.3 Å². The van der Waals surface area contributed by atoms with Crippen LogP contribution in [0.25, 0.3) is 0 Å². The first kappa shape index (κ1) is 16.8. The molecule has 0 fully saturated rings. The number of ether oxygens (including phenoxy) is 1. The third-order valence-electron chi connectivity index (χ3n) is 3.95. The molecular formula is C18H22N2O3. The lowest BCUT2D eigenvalue weighted by Crippen LogP contribution is -2.27. The van der Waals surface area contributed by atoms with Crippen LogP contribution >= 0.6 is 0 Å². The highest BCUT2D eigenvalue weighted by molar-refractivity contribution is 6.02. The van der Waals surface area contributed by atoms with Gasteiger partial charge in [-0.3, -0.25) is 9.59 Å². The summed E-state index contributed by atoms with van der Waals surface area (Å²) in [4.78, 5) is 29.1. The van der Waals surface area contributed by atoms with E-state index < -0.39 is 0 Å². The number of aryl methyl sites for hydroxylation is 1. The molecule has 0 radical (unpaired) electrons. The molecule has 1 aromatic carbocycles. The van der Waals surface area contributed by atoms with Gasteiger partial charge in [-0.15, -0.1) is 0 Å². The fourth-order valence-corrected chi connectivity index (χ4v) is 2.84. The Morgan fingerprint density at radius 3 is 2.43 bits per heavy atom. The number of methoxy groups -OCH3 is 1. The minimum Gasteiger partial charge on any atom is -0.496 e. The van der Waals surface area contributed by atoms with Crippen molar-refractivity contribution in [2.24, 2.45) is 0 Å². The van der Waals surface area contributed by atoms with Gasteiger partial charge in [0, 0.05) is 30.4 Å². The van der Waals surface area contributed by atoms with E-state index in [-0.39, 0.29) is 11.7 Å². The van der Waals surface area contributed by atoms with Crippen LogP contribution in [0.2, 0.25) is 0 Å². The van der Waals surface area contributed by atoms with Crippen LogP contribution in [0.15, 0.2) is 24.3 Å². The van der Waals surface area contributed by atoms with Crippen LogP contribution in [0.5, 0.6) is 5.75 Å². The van der Waals surface area contributed by atoms with Gasteiger partial charge in [-0.1, -0.05) is 18.2 Å². The van der Waals surface area contributed by atoms with Gasteiger partial charge in [-0.2, -0.15) is 0 Å². The molecular weight excluding hydrogens is 292 g/mol. The zero-order valence-electron chi connectivity index (χ0n) is 14.2. The van der Waals surface area contributed by atoms with E-state index in [9.17, 15) is 9.59 Å². The molecule has 23 heavy (non-hydrogen) atoms. The fourth-order valence-electron chi connectivity index (χ4n) is 2.84. The largest absolute Gasteiger partial charge is 0.496 e. The molecule has 0 aliphatic rings. The summed E-state index contributed by atoms with van der Waals surface area (Å²) >= 11 is 0. The highest BCUT2D eigenvalue weighted by Crippen LogP contribution is 2.22. The van der Waals surface area contributed by atoms with Crippen LogP contribution in [-0.4, -0.2) is 35.7 Å². The molecule has 0 aliphatic carbocycles. The van der Waals surface area contributed by atoms with Gasteiger partial charge in [0.15, 0.2) is 5.78 Å². The van der Waals surface area contributed by atoms with Crippen LogP contribution in [0.1, 0.15) is 44.6 Å². The smallest absolute Gasteiger partial charge is 0.270 e. The Morgan fingerprint density at radius 2 is 1.87 bits per heavy atom. The van der Waals surface area contributed by atoms with E-state index in [0.29, 0.717) is 23.4 Å². The van der Waals surface area contributed by atoms with Crippen LogP contribution in [0.4, 0.5) is 0 Å². The molecule has 0 spiro atoms. The quantitative estimate of drug-likeness (QED) is 0.863. The summed E-state index contributed by atoms with van der Waals surface area (Å²) in [5, 5.41) is 0. The van der Waals surface area contributed by atoms with Gasteiger partial charge in [-0.05, 0) is 32.4 Å². The molecule has 0 unspecified atom stereocenters. The van der Waals surface area contributed by atoms with Crippen molar-refractivity contribution in [2.75, 3.05) is 14.2 Å². The van der Waals surface area contributed by atoms with Crippen LogP contribution < -0.4 is 4.74 Å². The van der Waals surface area contributed by atoms with Gasteiger partial charge in [0.05, 0.1) is 7.11 Å². The molecule has 1 aromatic heterocycles. The lowest BCUT2D eigenvalue weighted by atomic mass is 10.1. The standard InChI is InChI=1S/C18H22N2O3/c1-11-16(13(3)21)12(2)19-17(11)18(22)20(4)10-14-8-6-7-9-15(14)23-5/h6-9,19H,10H2,1-5H3. The summed E-state index contributed by atoms with van der Waals surface area (Å²) < 4.78 is 5.32. The van der Waals surface area contributed by atoms with E-state index in [1.54, 1.807) is 32.9 Å². The van der Waals surface area contributed by atoms with Crippen molar-refractivity contribution in [1.29, 1.82) is 0 Å². The minimum absolute atomic E-state index is 0.0392. The topological polar surface area (TPSA) is 62.4 Å². The summed E-state index contributed by atoms with van der Waals surface area (Å²) in [6, 6.07) is 7.60. The average molecular weight is 314 g/mol. The normalized spacial score (nSPS) is 10.5. The molecule has 1 N–H and O–H groups in total. The highest BCUT2D eigenvalue weighted by atomic mass is 16.5. The van der Waals surface area contributed by atoms with E-state index in [2.05, 4.69) is 4.98 Å². The molecule has 0 saturated heterocycles. The molecule has 0 saturated carbocycles. The second-order valence-corrected chi connectivity index (χ2v) is 5.65. The molecule has 1 amide bonds. The number of amides is 1. The maximum Gasteiger partial charge on any atom is 0.270 e. The first-order valence-corrected chi connectivity index (χ1v) is 7.44. The van der Waals surface area contributed by atoms with E-state index in [4.69, 9.17) is 4.74 Å². The Balaban J connectivity index is 2.27. The van der Waals surface area contributed by atoms with E-state index in [1.807, 2.05) is 24.3 Å². The fraction of sp³-hybridized carbons (Fsp3) is 0.333. The van der Waals surface area contributed by atoms with Crippen molar-refractivity contribution in [3.05, 3.63) is 52.3 Å². The van der Waals surface area contributed by atoms with E-state index in [1.165, 1.54) is 6.92 Å². The highest BCUT2D eigenvalue weighted by Gasteiger charge is 2.22. The maximum atomic E-state index is 12.7. The molecule has 0 bridgehead atoms. The van der Waals surface area contributed by atoms with E-state index >= 15 is 0 Å². The molecule has 0 aliphatic heterocycles. The Morgan fingerprint density at radius 1 is 1.22 bits per heavy atom. The Kier molecular flexibility index (Phi) is 4.89. The lowest BCUT2D eigenvalue weighted by Gasteiger charge is -2.18. The summed E-state index contributed by atoms with van der Waals surface area (Å²) in [5.41, 5.74) is 3.42. The van der Waals surface area contributed by atoms with Gasteiger partial charge < -0.3 is 14.6 Å². The number of para-hydroxylation sites is 1. The lowest BCUT2D eigenvalue weighted by molar-refractivity contribution is 0.0778. The Hall–Kier alpha value is -2.56. The molecule has 122 valence electrons. The third-order valence-corrected chi connectivity index (χ3v) is 3.95. The Bertz CT molecular complexity index is 747. The van der Waals surface area contributed by atoms with Crippen molar-refractivity contribution in [1.82, 2.24) is 9.88 Å². The van der Waals surface area contributed by atoms with Gasteiger partial charge in [0.2, 0.25) is 0 Å². The van der Waals surface area contributed by atoms with Crippen molar-refractivity contribution in [2.45, 2.75) is 27.3 Å². The number of hydrogen-bond donors (Lipinski definition) is 1. The van der Waals surface area contributed by atoms with E-state index in [0.717, 1.165) is 17.0 Å². The summed E-state index contributed by atoms with van der Waals surface area (Å²) in [6.45, 7) is 5.54. The number of carbonyl (C=O) groups is 2. The number of aromatic nitrogens is 1. The average Bonchev–Trinajstić information content (AvgIpc) is 2.81. The molecule has 1 heterocycles.